The third-order valence-electron chi connectivity index (χ3n) is 2.21. The van der Waals surface area contributed by atoms with E-state index < -0.39 is 11.5 Å². The Kier molecular flexibility index (Phi) is 2.88. The molecule has 0 aliphatic rings. The Hall–Kier alpha value is -1.39. The molecule has 4 nitrogen and oxygen atoms in total. The van der Waals surface area contributed by atoms with Crippen LogP contribution in [0.1, 0.15) is 18.1 Å². The topological polar surface area (TPSA) is 89.3 Å². The van der Waals surface area contributed by atoms with Crippen LogP contribution in [-0.2, 0) is 16.9 Å². The van der Waals surface area contributed by atoms with Gasteiger partial charge in [0.15, 0.2) is 0 Å². The van der Waals surface area contributed by atoms with Gasteiger partial charge in [0.2, 0.25) is 0 Å². The fraction of sp³-hybridized carbons (Fsp3) is 0.300. The predicted octanol–water partition coefficient (Wildman–Crippen LogP) is 0.404. The van der Waals surface area contributed by atoms with Crippen LogP contribution in [0.4, 0.5) is 0 Å². The molecule has 0 heterocycles. The summed E-state index contributed by atoms with van der Waals surface area (Å²) < 4.78 is 0. The lowest BCUT2D eigenvalue weighted by Gasteiger charge is -2.20. The van der Waals surface area contributed by atoms with E-state index in [9.17, 15) is 4.79 Å². The summed E-state index contributed by atoms with van der Waals surface area (Å²) in [4.78, 5) is 10.9. The summed E-state index contributed by atoms with van der Waals surface area (Å²) in [7, 11) is 0. The molecular weight excluding hydrogens is 180 g/mol. The summed E-state index contributed by atoms with van der Waals surface area (Å²) in [6.07, 6.45) is 0. The van der Waals surface area contributed by atoms with E-state index in [1.807, 2.05) is 6.07 Å². The van der Waals surface area contributed by atoms with Crippen LogP contribution < -0.4 is 11.5 Å². The van der Waals surface area contributed by atoms with Crippen molar-refractivity contribution in [3.05, 3.63) is 35.4 Å². The number of nitrogens with two attached hydrogens (primary N) is 2. The quantitative estimate of drug-likeness (QED) is 0.650. The van der Waals surface area contributed by atoms with E-state index in [-0.39, 0.29) is 0 Å². The molecule has 0 saturated carbocycles. The van der Waals surface area contributed by atoms with E-state index in [4.69, 9.17) is 16.6 Å². The Bertz CT molecular complexity index is 348. The van der Waals surface area contributed by atoms with Crippen LogP contribution in [0.3, 0.4) is 0 Å². The molecule has 0 radical (unpaired) electrons. The molecule has 1 aromatic carbocycles. The van der Waals surface area contributed by atoms with Crippen LogP contribution in [0.25, 0.3) is 0 Å². The van der Waals surface area contributed by atoms with Crippen molar-refractivity contribution in [2.45, 2.75) is 19.0 Å². The lowest BCUT2D eigenvalue weighted by Crippen LogP contribution is -2.41. The molecule has 0 saturated heterocycles. The number of carboxylic acid groups (broad SMARTS) is 1. The van der Waals surface area contributed by atoms with Gasteiger partial charge in [-0.25, -0.2) is 4.79 Å². The van der Waals surface area contributed by atoms with E-state index in [1.165, 1.54) is 6.92 Å². The number of hydrogen-bond donors (Lipinski definition) is 3. The maximum absolute atomic E-state index is 10.9. The van der Waals surface area contributed by atoms with Crippen molar-refractivity contribution < 1.29 is 9.90 Å². The van der Waals surface area contributed by atoms with Crippen LogP contribution >= 0.6 is 0 Å². The van der Waals surface area contributed by atoms with Gasteiger partial charge < -0.3 is 16.6 Å². The number of carboxylic acids is 1. The van der Waals surface area contributed by atoms with Gasteiger partial charge >= 0.3 is 5.97 Å². The van der Waals surface area contributed by atoms with Crippen LogP contribution in [-0.4, -0.2) is 11.1 Å². The minimum Gasteiger partial charge on any atom is -0.480 e. The van der Waals surface area contributed by atoms with E-state index in [1.54, 1.807) is 18.2 Å². The Morgan fingerprint density at radius 1 is 1.57 bits per heavy atom. The molecule has 14 heavy (non-hydrogen) atoms. The van der Waals surface area contributed by atoms with Gasteiger partial charge in [0, 0.05) is 6.54 Å². The molecule has 0 amide bonds. The van der Waals surface area contributed by atoms with Crippen LogP contribution in [0.2, 0.25) is 0 Å². The molecule has 0 aliphatic carbocycles. The minimum atomic E-state index is -1.36. The first-order valence-electron chi connectivity index (χ1n) is 4.30. The second-order valence-electron chi connectivity index (χ2n) is 3.41. The molecule has 0 bridgehead atoms. The largest absolute Gasteiger partial charge is 0.480 e. The number of rotatable bonds is 3. The highest BCUT2D eigenvalue weighted by Gasteiger charge is 2.29. The molecule has 76 valence electrons. The van der Waals surface area contributed by atoms with E-state index in [0.29, 0.717) is 12.1 Å². The maximum Gasteiger partial charge on any atom is 0.328 e. The molecule has 0 spiro atoms. The van der Waals surface area contributed by atoms with Crippen molar-refractivity contribution in [3.63, 3.8) is 0 Å². The first kappa shape index (κ1) is 10.7. The molecule has 0 fully saturated rings. The van der Waals surface area contributed by atoms with E-state index >= 15 is 0 Å². The lowest BCUT2D eigenvalue weighted by molar-refractivity contribution is -0.143. The zero-order chi connectivity index (χ0) is 10.8. The Labute approximate surface area is 82.5 Å². The number of benzene rings is 1. The molecule has 1 atom stereocenters. The first-order valence-corrected chi connectivity index (χ1v) is 4.30. The highest BCUT2D eigenvalue weighted by atomic mass is 16.4. The smallest absolute Gasteiger partial charge is 0.328 e. The monoisotopic (exact) mass is 194 g/mol. The van der Waals surface area contributed by atoms with E-state index in [2.05, 4.69) is 0 Å². The summed E-state index contributed by atoms with van der Waals surface area (Å²) >= 11 is 0. The van der Waals surface area contributed by atoms with Gasteiger partial charge in [-0.3, -0.25) is 0 Å². The second kappa shape index (κ2) is 3.77. The second-order valence-corrected chi connectivity index (χ2v) is 3.41. The van der Waals surface area contributed by atoms with Crippen molar-refractivity contribution >= 4 is 5.97 Å². The van der Waals surface area contributed by atoms with E-state index in [0.717, 1.165) is 5.56 Å². The highest BCUT2D eigenvalue weighted by molar-refractivity contribution is 5.79. The molecule has 4 heteroatoms. The summed E-state index contributed by atoms with van der Waals surface area (Å²) in [5, 5.41) is 8.90. The fourth-order valence-electron chi connectivity index (χ4n) is 1.14. The van der Waals surface area contributed by atoms with Crippen LogP contribution in [0.15, 0.2) is 24.3 Å². The van der Waals surface area contributed by atoms with Crippen molar-refractivity contribution in [2.75, 3.05) is 0 Å². The Balaban J connectivity index is 3.12. The van der Waals surface area contributed by atoms with Crippen molar-refractivity contribution in [2.24, 2.45) is 11.5 Å². The fourth-order valence-corrected chi connectivity index (χ4v) is 1.14. The van der Waals surface area contributed by atoms with Gasteiger partial charge in [-0.2, -0.15) is 0 Å². The number of hydrogen-bond acceptors (Lipinski definition) is 3. The van der Waals surface area contributed by atoms with Gasteiger partial charge in [0.05, 0.1) is 0 Å². The van der Waals surface area contributed by atoms with Crippen LogP contribution in [0, 0.1) is 0 Å². The molecule has 0 aliphatic heterocycles. The average Bonchev–Trinajstić information content (AvgIpc) is 2.17. The Morgan fingerprint density at radius 2 is 2.21 bits per heavy atom. The zero-order valence-electron chi connectivity index (χ0n) is 8.03. The average molecular weight is 194 g/mol. The van der Waals surface area contributed by atoms with Crippen molar-refractivity contribution in [1.29, 1.82) is 0 Å². The predicted molar refractivity (Wildman–Crippen MR) is 53.5 cm³/mol. The van der Waals surface area contributed by atoms with Crippen molar-refractivity contribution in [3.8, 4) is 0 Å². The Morgan fingerprint density at radius 3 is 2.71 bits per heavy atom. The molecular formula is C10H14N2O2. The number of carbonyl (C=O) groups is 1. The normalized spacial score (nSPS) is 14.8. The van der Waals surface area contributed by atoms with Crippen LogP contribution in [0.5, 0.6) is 0 Å². The minimum absolute atomic E-state index is 0.379. The maximum atomic E-state index is 10.9. The van der Waals surface area contributed by atoms with Gasteiger partial charge in [-0.05, 0) is 18.1 Å². The lowest BCUT2D eigenvalue weighted by atomic mass is 9.92. The van der Waals surface area contributed by atoms with Gasteiger partial charge in [0.1, 0.15) is 5.54 Å². The molecule has 1 rings (SSSR count). The molecule has 0 unspecified atom stereocenters. The molecule has 0 aromatic heterocycles. The summed E-state index contributed by atoms with van der Waals surface area (Å²) in [5.41, 5.74) is 11.2. The highest BCUT2D eigenvalue weighted by Crippen LogP contribution is 2.18. The first-order chi connectivity index (χ1) is 6.48. The molecule has 1 aromatic rings. The van der Waals surface area contributed by atoms with Gasteiger partial charge in [-0.15, -0.1) is 0 Å². The molecule has 5 N–H and O–H groups in total. The summed E-state index contributed by atoms with van der Waals surface area (Å²) in [5.74, 6) is -1.05. The van der Waals surface area contributed by atoms with Gasteiger partial charge in [0.25, 0.3) is 0 Å². The standard InChI is InChI=1S/C10H14N2O2/c1-10(12,9(13)14)8-4-2-3-7(5-8)6-11/h2-5H,6,11-12H2,1H3,(H,13,14)/t10-/m1/s1. The third-order valence-corrected chi connectivity index (χ3v) is 2.21. The summed E-state index contributed by atoms with van der Waals surface area (Å²) in [6.45, 7) is 1.84. The SMILES string of the molecule is C[C@](N)(C(=O)O)c1cccc(CN)c1. The van der Waals surface area contributed by atoms with Crippen molar-refractivity contribution in [1.82, 2.24) is 0 Å². The number of aliphatic carboxylic acids is 1. The van der Waals surface area contributed by atoms with Gasteiger partial charge in [-0.1, -0.05) is 24.3 Å². The zero-order valence-corrected chi connectivity index (χ0v) is 8.03. The summed E-state index contributed by atoms with van der Waals surface area (Å²) in [6, 6.07) is 6.99. The third kappa shape index (κ3) is 1.92.